The number of nitrogens with zero attached hydrogens (tertiary/aromatic N) is 1. The van der Waals surface area contributed by atoms with E-state index in [0.29, 0.717) is 5.56 Å². The SMILES string of the molecule is N#Cc1ccc(F)c(-c2ccc[nH]c2=O)c1. The second kappa shape index (κ2) is 3.99. The van der Waals surface area contributed by atoms with E-state index in [-0.39, 0.29) is 16.7 Å². The molecule has 0 aliphatic carbocycles. The van der Waals surface area contributed by atoms with Crippen LogP contribution in [0.15, 0.2) is 41.3 Å². The van der Waals surface area contributed by atoms with Gasteiger partial charge < -0.3 is 4.98 Å². The molecule has 0 bridgehead atoms. The molecular formula is C12H7FN2O. The molecule has 0 aliphatic heterocycles. The Hall–Kier alpha value is -2.41. The topological polar surface area (TPSA) is 56.6 Å². The first-order valence-corrected chi connectivity index (χ1v) is 4.60. The van der Waals surface area contributed by atoms with Crippen LogP contribution in [0.25, 0.3) is 11.1 Å². The third-order valence-electron chi connectivity index (χ3n) is 2.20. The largest absolute Gasteiger partial charge is 0.329 e. The summed E-state index contributed by atoms with van der Waals surface area (Å²) in [5.41, 5.74) is 0.300. The lowest BCUT2D eigenvalue weighted by atomic mass is 10.0. The molecule has 0 saturated heterocycles. The van der Waals surface area contributed by atoms with E-state index < -0.39 is 5.82 Å². The van der Waals surface area contributed by atoms with E-state index in [2.05, 4.69) is 4.98 Å². The van der Waals surface area contributed by atoms with Gasteiger partial charge in [0.15, 0.2) is 0 Å². The highest BCUT2D eigenvalue weighted by Gasteiger charge is 2.09. The zero-order chi connectivity index (χ0) is 11.5. The highest BCUT2D eigenvalue weighted by atomic mass is 19.1. The molecule has 0 radical (unpaired) electrons. The van der Waals surface area contributed by atoms with Crippen LogP contribution >= 0.6 is 0 Å². The fourth-order valence-electron chi connectivity index (χ4n) is 1.43. The summed E-state index contributed by atoms with van der Waals surface area (Å²) in [6, 6.07) is 8.94. The van der Waals surface area contributed by atoms with Crippen LogP contribution in [0.2, 0.25) is 0 Å². The molecule has 0 spiro atoms. The maximum absolute atomic E-state index is 13.5. The fourth-order valence-corrected chi connectivity index (χ4v) is 1.43. The van der Waals surface area contributed by atoms with Crippen molar-refractivity contribution in [2.45, 2.75) is 0 Å². The van der Waals surface area contributed by atoms with Gasteiger partial charge in [0.25, 0.3) is 5.56 Å². The van der Waals surface area contributed by atoms with Crippen molar-refractivity contribution in [1.82, 2.24) is 4.98 Å². The number of halogens is 1. The molecule has 0 amide bonds. The smallest absolute Gasteiger partial charge is 0.255 e. The number of nitriles is 1. The van der Waals surface area contributed by atoms with E-state index in [1.807, 2.05) is 6.07 Å². The van der Waals surface area contributed by atoms with Gasteiger partial charge in [0.05, 0.1) is 11.6 Å². The van der Waals surface area contributed by atoms with Crippen molar-refractivity contribution < 1.29 is 4.39 Å². The van der Waals surface area contributed by atoms with Crippen LogP contribution in [0, 0.1) is 17.1 Å². The Kier molecular flexibility index (Phi) is 2.52. The number of H-pyrrole nitrogens is 1. The average Bonchev–Trinajstić information content (AvgIpc) is 2.31. The van der Waals surface area contributed by atoms with Crippen molar-refractivity contribution >= 4 is 0 Å². The molecule has 3 nitrogen and oxygen atoms in total. The molecule has 1 aromatic heterocycles. The fraction of sp³-hybridized carbons (Fsp3) is 0. The van der Waals surface area contributed by atoms with Crippen LogP contribution in [-0.2, 0) is 0 Å². The summed E-state index contributed by atoms with van der Waals surface area (Å²) in [6.45, 7) is 0. The molecule has 0 aliphatic rings. The second-order valence-electron chi connectivity index (χ2n) is 3.22. The van der Waals surface area contributed by atoms with Crippen molar-refractivity contribution in [3.63, 3.8) is 0 Å². The summed E-state index contributed by atoms with van der Waals surface area (Å²) >= 11 is 0. The maximum atomic E-state index is 13.5. The number of aromatic amines is 1. The minimum absolute atomic E-state index is 0.140. The van der Waals surface area contributed by atoms with E-state index in [4.69, 9.17) is 5.26 Å². The number of pyridine rings is 1. The molecule has 2 rings (SSSR count). The third-order valence-corrected chi connectivity index (χ3v) is 2.20. The van der Waals surface area contributed by atoms with Crippen molar-refractivity contribution in [3.8, 4) is 17.2 Å². The van der Waals surface area contributed by atoms with Gasteiger partial charge in [0, 0.05) is 17.3 Å². The van der Waals surface area contributed by atoms with Gasteiger partial charge in [0.2, 0.25) is 0 Å². The van der Waals surface area contributed by atoms with Crippen LogP contribution in [0.1, 0.15) is 5.56 Å². The van der Waals surface area contributed by atoms with Crippen LogP contribution in [0.4, 0.5) is 4.39 Å². The molecule has 4 heteroatoms. The third kappa shape index (κ3) is 1.71. The summed E-state index contributed by atoms with van der Waals surface area (Å²) in [5, 5.41) is 8.71. The Bertz CT molecular complexity index is 625. The van der Waals surface area contributed by atoms with Gasteiger partial charge in [-0.25, -0.2) is 4.39 Å². The van der Waals surface area contributed by atoms with E-state index in [0.717, 1.165) is 0 Å². The molecule has 1 aromatic carbocycles. The van der Waals surface area contributed by atoms with Crippen LogP contribution in [0.3, 0.4) is 0 Å². The first-order valence-electron chi connectivity index (χ1n) is 4.60. The summed E-state index contributed by atoms with van der Waals surface area (Å²) < 4.78 is 13.5. The molecule has 0 unspecified atom stereocenters. The number of aromatic nitrogens is 1. The van der Waals surface area contributed by atoms with Gasteiger partial charge in [-0.15, -0.1) is 0 Å². The Balaban J connectivity index is 2.70. The molecule has 0 atom stereocenters. The summed E-state index contributed by atoms with van der Waals surface area (Å²) in [4.78, 5) is 13.9. The van der Waals surface area contributed by atoms with Gasteiger partial charge in [0.1, 0.15) is 5.82 Å². The highest BCUT2D eigenvalue weighted by molar-refractivity contribution is 5.64. The van der Waals surface area contributed by atoms with Gasteiger partial charge in [-0.3, -0.25) is 4.79 Å². The predicted molar refractivity (Wildman–Crippen MR) is 57.2 cm³/mol. The number of nitrogens with one attached hydrogen (secondary N) is 1. The van der Waals surface area contributed by atoms with E-state index in [9.17, 15) is 9.18 Å². The normalized spacial score (nSPS) is 9.75. The minimum Gasteiger partial charge on any atom is -0.329 e. The summed E-state index contributed by atoms with van der Waals surface area (Å²) in [7, 11) is 0. The van der Waals surface area contributed by atoms with Crippen molar-refractivity contribution in [2.24, 2.45) is 0 Å². The van der Waals surface area contributed by atoms with Crippen LogP contribution in [0.5, 0.6) is 0 Å². The second-order valence-corrected chi connectivity index (χ2v) is 3.22. The predicted octanol–water partition coefficient (Wildman–Crippen LogP) is 2.05. The molecule has 16 heavy (non-hydrogen) atoms. The molecule has 0 fully saturated rings. The average molecular weight is 214 g/mol. The highest BCUT2D eigenvalue weighted by Crippen LogP contribution is 2.20. The minimum atomic E-state index is -0.518. The summed E-state index contributed by atoms with van der Waals surface area (Å²) in [5.74, 6) is -0.518. The molecule has 2 aromatic rings. The standard InChI is InChI=1S/C12H7FN2O/c13-11-4-3-8(7-14)6-10(11)9-2-1-5-15-12(9)16/h1-6H,(H,15,16). The molecule has 78 valence electrons. The lowest BCUT2D eigenvalue weighted by Crippen LogP contribution is -2.08. The van der Waals surface area contributed by atoms with E-state index in [1.165, 1.54) is 30.5 Å². The van der Waals surface area contributed by atoms with E-state index in [1.54, 1.807) is 6.07 Å². The molecule has 0 saturated carbocycles. The monoisotopic (exact) mass is 214 g/mol. The Morgan fingerprint density at radius 3 is 2.75 bits per heavy atom. The lowest BCUT2D eigenvalue weighted by Gasteiger charge is -2.02. The van der Waals surface area contributed by atoms with Crippen LogP contribution in [-0.4, -0.2) is 4.98 Å². The first kappa shape index (κ1) is 10.1. The van der Waals surface area contributed by atoms with Crippen molar-refractivity contribution in [2.75, 3.05) is 0 Å². The number of rotatable bonds is 1. The summed E-state index contributed by atoms with van der Waals surface area (Å²) in [6.07, 6.45) is 1.47. The van der Waals surface area contributed by atoms with E-state index >= 15 is 0 Å². The maximum Gasteiger partial charge on any atom is 0.255 e. The number of hydrogen-bond acceptors (Lipinski definition) is 2. The van der Waals surface area contributed by atoms with Crippen molar-refractivity contribution in [1.29, 1.82) is 5.26 Å². The quantitative estimate of drug-likeness (QED) is 0.789. The Morgan fingerprint density at radius 2 is 2.06 bits per heavy atom. The van der Waals surface area contributed by atoms with Crippen LogP contribution < -0.4 is 5.56 Å². The molecular weight excluding hydrogens is 207 g/mol. The zero-order valence-electron chi connectivity index (χ0n) is 8.20. The van der Waals surface area contributed by atoms with Gasteiger partial charge >= 0.3 is 0 Å². The Labute approximate surface area is 90.8 Å². The van der Waals surface area contributed by atoms with Crippen molar-refractivity contribution in [3.05, 3.63) is 58.3 Å². The zero-order valence-corrected chi connectivity index (χ0v) is 8.20. The molecule has 1 heterocycles. The van der Waals surface area contributed by atoms with Gasteiger partial charge in [-0.2, -0.15) is 5.26 Å². The first-order chi connectivity index (χ1) is 7.72. The van der Waals surface area contributed by atoms with Gasteiger partial charge in [-0.1, -0.05) is 0 Å². The number of hydrogen-bond donors (Lipinski definition) is 1. The molecule has 1 N–H and O–H groups in total. The Morgan fingerprint density at radius 1 is 1.25 bits per heavy atom. The lowest BCUT2D eigenvalue weighted by molar-refractivity contribution is 0.631. The van der Waals surface area contributed by atoms with Gasteiger partial charge in [-0.05, 0) is 30.3 Å². The number of benzene rings is 1.